The second-order valence-corrected chi connectivity index (χ2v) is 7.25. The standard InChI is InChI=1S/C24H16/c1-13-7-15-3-5-18-12-20-10-14(2)8-16-4-6-17-11-19(9-13)21(15)23(18)24(17)22(16)20/h3-12H,1-2H3. The van der Waals surface area contributed by atoms with Crippen LogP contribution in [0.4, 0.5) is 0 Å². The predicted molar refractivity (Wildman–Crippen MR) is 106 cm³/mol. The van der Waals surface area contributed by atoms with E-state index in [0.29, 0.717) is 0 Å². The summed E-state index contributed by atoms with van der Waals surface area (Å²) in [5, 5.41) is 13.8. The number of aryl methyl sites for hydroxylation is 2. The zero-order chi connectivity index (χ0) is 16.0. The van der Waals surface area contributed by atoms with E-state index in [0.717, 1.165) is 0 Å². The first kappa shape index (κ1) is 12.5. The van der Waals surface area contributed by atoms with Gasteiger partial charge in [0.25, 0.3) is 0 Å². The predicted octanol–water partition coefficient (Wildman–Crippen LogP) is 6.95. The van der Waals surface area contributed by atoms with Crippen LogP contribution in [-0.4, -0.2) is 0 Å². The van der Waals surface area contributed by atoms with Gasteiger partial charge in [-0.2, -0.15) is 0 Å². The third-order valence-electron chi connectivity index (χ3n) is 5.52. The van der Waals surface area contributed by atoms with E-state index in [1.165, 1.54) is 65.0 Å². The molecule has 6 aromatic rings. The van der Waals surface area contributed by atoms with Gasteiger partial charge in [-0.15, -0.1) is 0 Å². The lowest BCUT2D eigenvalue weighted by Crippen LogP contribution is -1.90. The Kier molecular flexibility index (Phi) is 2.07. The molecule has 0 aliphatic carbocycles. The van der Waals surface area contributed by atoms with E-state index >= 15 is 0 Å². The molecule has 0 unspecified atom stereocenters. The van der Waals surface area contributed by atoms with Crippen molar-refractivity contribution in [2.75, 3.05) is 0 Å². The second kappa shape index (κ2) is 3.96. The zero-order valence-corrected chi connectivity index (χ0v) is 13.8. The van der Waals surface area contributed by atoms with Crippen LogP contribution < -0.4 is 0 Å². The molecule has 0 heterocycles. The van der Waals surface area contributed by atoms with Crippen LogP contribution in [0.3, 0.4) is 0 Å². The Labute approximate surface area is 140 Å². The van der Waals surface area contributed by atoms with E-state index in [4.69, 9.17) is 0 Å². The van der Waals surface area contributed by atoms with Gasteiger partial charge in [0, 0.05) is 0 Å². The molecule has 0 saturated carbocycles. The second-order valence-electron chi connectivity index (χ2n) is 7.25. The highest BCUT2D eigenvalue weighted by atomic mass is 14.2. The van der Waals surface area contributed by atoms with Crippen molar-refractivity contribution in [3.63, 3.8) is 0 Å². The van der Waals surface area contributed by atoms with Gasteiger partial charge < -0.3 is 0 Å². The fourth-order valence-corrected chi connectivity index (χ4v) is 4.68. The maximum Gasteiger partial charge on any atom is -0.00141 e. The van der Waals surface area contributed by atoms with E-state index < -0.39 is 0 Å². The lowest BCUT2D eigenvalue weighted by Gasteiger charge is -2.17. The van der Waals surface area contributed by atoms with Crippen LogP contribution in [0.15, 0.2) is 60.7 Å². The maximum atomic E-state index is 2.37. The molecule has 0 heteroatoms. The molecule has 0 fully saturated rings. The van der Waals surface area contributed by atoms with E-state index in [2.05, 4.69) is 74.5 Å². The quantitative estimate of drug-likeness (QED) is 0.210. The van der Waals surface area contributed by atoms with Gasteiger partial charge in [-0.25, -0.2) is 0 Å². The molecule has 0 aromatic heterocycles. The van der Waals surface area contributed by atoms with E-state index in [9.17, 15) is 0 Å². The first-order valence-electron chi connectivity index (χ1n) is 8.54. The Bertz CT molecular complexity index is 1290. The Morgan fingerprint density at radius 1 is 0.375 bits per heavy atom. The van der Waals surface area contributed by atoms with Crippen molar-refractivity contribution in [2.24, 2.45) is 0 Å². The normalized spacial score (nSPS) is 12.6. The van der Waals surface area contributed by atoms with Gasteiger partial charge in [0.1, 0.15) is 0 Å². The van der Waals surface area contributed by atoms with E-state index in [1.807, 2.05) is 0 Å². The van der Waals surface area contributed by atoms with Crippen molar-refractivity contribution >= 4 is 53.9 Å². The summed E-state index contributed by atoms with van der Waals surface area (Å²) >= 11 is 0. The summed E-state index contributed by atoms with van der Waals surface area (Å²) in [6.45, 7) is 4.37. The molecular formula is C24H16. The topological polar surface area (TPSA) is 0 Å². The molecule has 6 aromatic carbocycles. The van der Waals surface area contributed by atoms with Crippen LogP contribution in [0.2, 0.25) is 0 Å². The smallest absolute Gasteiger partial charge is 0.00141 e. The van der Waals surface area contributed by atoms with Gasteiger partial charge in [0.05, 0.1) is 0 Å². The summed E-state index contributed by atoms with van der Waals surface area (Å²) < 4.78 is 0. The first-order chi connectivity index (χ1) is 11.7. The molecule has 0 aliphatic rings. The molecule has 0 amide bonds. The molecule has 0 spiro atoms. The monoisotopic (exact) mass is 304 g/mol. The highest BCUT2D eigenvalue weighted by molar-refractivity contribution is 6.36. The lowest BCUT2D eigenvalue weighted by atomic mass is 9.86. The van der Waals surface area contributed by atoms with E-state index in [-0.39, 0.29) is 0 Å². The Morgan fingerprint density at radius 3 is 1.12 bits per heavy atom. The van der Waals surface area contributed by atoms with Crippen molar-refractivity contribution in [3.8, 4) is 0 Å². The average molecular weight is 304 g/mol. The fraction of sp³-hybridized carbons (Fsp3) is 0.0833. The highest BCUT2D eigenvalue weighted by Gasteiger charge is 2.15. The number of rotatable bonds is 0. The molecule has 0 atom stereocenters. The first-order valence-corrected chi connectivity index (χ1v) is 8.54. The van der Waals surface area contributed by atoms with Crippen molar-refractivity contribution in [3.05, 3.63) is 71.8 Å². The molecule has 112 valence electrons. The van der Waals surface area contributed by atoms with Gasteiger partial charge in [-0.05, 0) is 91.0 Å². The van der Waals surface area contributed by atoms with Crippen LogP contribution in [-0.2, 0) is 0 Å². The molecule has 24 heavy (non-hydrogen) atoms. The molecule has 0 N–H and O–H groups in total. The van der Waals surface area contributed by atoms with Gasteiger partial charge in [-0.3, -0.25) is 0 Å². The number of benzene rings is 6. The SMILES string of the molecule is Cc1cc2ccc3cc4cc(C)cc5ccc6cc(c1)c2c3c6c54. The molecular weight excluding hydrogens is 288 g/mol. The molecule has 0 aliphatic heterocycles. The summed E-state index contributed by atoms with van der Waals surface area (Å²) in [4.78, 5) is 0. The van der Waals surface area contributed by atoms with Gasteiger partial charge in [0.2, 0.25) is 0 Å². The summed E-state index contributed by atoms with van der Waals surface area (Å²) in [7, 11) is 0. The largest absolute Gasteiger partial charge is 0.0537 e. The summed E-state index contributed by atoms with van der Waals surface area (Å²) in [5.74, 6) is 0. The van der Waals surface area contributed by atoms with Crippen LogP contribution in [0.1, 0.15) is 11.1 Å². The van der Waals surface area contributed by atoms with Crippen LogP contribution in [0, 0.1) is 13.8 Å². The molecule has 0 radical (unpaired) electrons. The fourth-order valence-electron chi connectivity index (χ4n) is 4.68. The third-order valence-corrected chi connectivity index (χ3v) is 5.52. The Balaban J connectivity index is 2.07. The van der Waals surface area contributed by atoms with Crippen molar-refractivity contribution < 1.29 is 0 Å². The molecule has 6 rings (SSSR count). The maximum absolute atomic E-state index is 2.37. The molecule has 0 bridgehead atoms. The highest BCUT2D eigenvalue weighted by Crippen LogP contribution is 2.43. The average Bonchev–Trinajstić information content (AvgIpc) is 2.56. The summed E-state index contributed by atoms with van der Waals surface area (Å²) in [6, 6.07) is 23.1. The van der Waals surface area contributed by atoms with Crippen LogP contribution in [0.5, 0.6) is 0 Å². The number of hydrogen-bond donors (Lipinski definition) is 0. The van der Waals surface area contributed by atoms with Gasteiger partial charge >= 0.3 is 0 Å². The molecule has 0 nitrogen and oxygen atoms in total. The third kappa shape index (κ3) is 1.40. The summed E-state index contributed by atoms with van der Waals surface area (Å²) in [6.07, 6.45) is 0. The Hall–Kier alpha value is -2.86. The minimum Gasteiger partial charge on any atom is -0.0537 e. The Morgan fingerprint density at radius 2 is 0.708 bits per heavy atom. The number of hydrogen-bond acceptors (Lipinski definition) is 0. The van der Waals surface area contributed by atoms with Crippen LogP contribution >= 0.6 is 0 Å². The molecule has 0 saturated heterocycles. The van der Waals surface area contributed by atoms with Crippen LogP contribution in [0.25, 0.3) is 53.9 Å². The minimum absolute atomic E-state index is 1.33. The summed E-state index contributed by atoms with van der Waals surface area (Å²) in [5.41, 5.74) is 2.66. The van der Waals surface area contributed by atoms with Crippen molar-refractivity contribution in [2.45, 2.75) is 13.8 Å². The lowest BCUT2D eigenvalue weighted by molar-refractivity contribution is 1.52. The van der Waals surface area contributed by atoms with Crippen molar-refractivity contribution in [1.29, 1.82) is 0 Å². The van der Waals surface area contributed by atoms with Gasteiger partial charge in [0.15, 0.2) is 0 Å². The minimum atomic E-state index is 1.33. The van der Waals surface area contributed by atoms with Crippen molar-refractivity contribution in [1.82, 2.24) is 0 Å². The van der Waals surface area contributed by atoms with E-state index in [1.54, 1.807) is 0 Å². The zero-order valence-electron chi connectivity index (χ0n) is 13.8. The van der Waals surface area contributed by atoms with Gasteiger partial charge in [-0.1, -0.05) is 48.5 Å².